The summed E-state index contributed by atoms with van der Waals surface area (Å²) < 4.78 is 61.7. The average Bonchev–Trinajstić information content (AvgIpc) is 3.33. The zero-order valence-electron chi connectivity index (χ0n) is 24.3. The molecule has 1 aromatic heterocycles. The normalized spacial score (nSPS) is 19.5. The molecule has 2 aromatic carbocycles. The number of nitrogens with zero attached hydrogens (tertiary/aromatic N) is 2. The van der Waals surface area contributed by atoms with E-state index < -0.39 is 24.8 Å². The summed E-state index contributed by atoms with van der Waals surface area (Å²) in [5.41, 5.74) is 1.92. The maximum Gasteiger partial charge on any atom is 0.393 e. The van der Waals surface area contributed by atoms with Crippen LogP contribution in [0.5, 0.6) is 5.75 Å². The molecule has 3 aromatic rings. The summed E-state index contributed by atoms with van der Waals surface area (Å²) in [4.78, 5) is 17.0. The maximum atomic E-state index is 14.7. The third kappa shape index (κ3) is 7.54. The molecule has 2 aliphatic rings. The monoisotopic (exact) mass is 616 g/mol. The molecule has 230 valence electrons. The Morgan fingerprint density at radius 2 is 1.91 bits per heavy atom. The highest BCUT2D eigenvalue weighted by atomic mass is 32.1. The fourth-order valence-electron chi connectivity index (χ4n) is 5.69. The van der Waals surface area contributed by atoms with E-state index in [2.05, 4.69) is 22.5 Å². The van der Waals surface area contributed by atoms with E-state index in [4.69, 9.17) is 4.74 Å². The molecule has 2 atom stereocenters. The number of ether oxygens (including phenoxy) is 1. The van der Waals surface area contributed by atoms with Gasteiger partial charge in [0.05, 0.1) is 47.1 Å². The first kappa shape index (κ1) is 31.0. The van der Waals surface area contributed by atoms with Crippen molar-refractivity contribution >= 4 is 38.7 Å². The Kier molecular flexibility index (Phi) is 9.67. The quantitative estimate of drug-likeness (QED) is 0.233. The largest absolute Gasteiger partial charge is 0.495 e. The lowest BCUT2D eigenvalue weighted by Gasteiger charge is -2.33. The number of halogens is 4. The number of anilines is 2. The van der Waals surface area contributed by atoms with Crippen LogP contribution >= 0.6 is 11.3 Å². The van der Waals surface area contributed by atoms with E-state index in [1.54, 1.807) is 36.4 Å². The molecule has 1 amide bonds. The molecule has 3 heterocycles. The zero-order chi connectivity index (χ0) is 30.6. The van der Waals surface area contributed by atoms with Crippen molar-refractivity contribution in [3.05, 3.63) is 52.4 Å². The third-order valence-electron chi connectivity index (χ3n) is 7.94. The van der Waals surface area contributed by atoms with E-state index in [-0.39, 0.29) is 18.0 Å². The standard InChI is InChI=1S/C32H36F4N4O2S/c1-39-17-13-25(24(33)20-39)38-27-9-6-8-22-23(19-32(34,35)36)29(43-30(22)27)10-7-14-37-26-12-11-21(18-28(26)42-2)31(41)40-15-4-3-5-16-40/h6,8-9,11-12,18,24-25,37-38H,3-5,13-17,19-20H2,1-2H3. The van der Waals surface area contributed by atoms with Gasteiger partial charge in [0.2, 0.25) is 0 Å². The molecule has 11 heteroatoms. The highest BCUT2D eigenvalue weighted by Crippen LogP contribution is 2.39. The van der Waals surface area contributed by atoms with Crippen molar-refractivity contribution < 1.29 is 27.1 Å². The van der Waals surface area contributed by atoms with Crippen LogP contribution in [0.15, 0.2) is 36.4 Å². The van der Waals surface area contributed by atoms with Crippen molar-refractivity contribution in [1.82, 2.24) is 9.80 Å². The Bertz CT molecular complexity index is 1510. The van der Waals surface area contributed by atoms with Crippen LogP contribution in [-0.4, -0.2) is 81.0 Å². The first-order valence-corrected chi connectivity index (χ1v) is 15.3. The molecule has 0 radical (unpaired) electrons. The van der Waals surface area contributed by atoms with Gasteiger partial charge in [-0.25, -0.2) is 4.39 Å². The number of rotatable bonds is 7. The van der Waals surface area contributed by atoms with Crippen LogP contribution in [0.3, 0.4) is 0 Å². The van der Waals surface area contributed by atoms with Crippen LogP contribution in [0, 0.1) is 11.8 Å². The molecule has 2 aliphatic heterocycles. The van der Waals surface area contributed by atoms with Crippen LogP contribution in [0.25, 0.3) is 10.1 Å². The molecule has 2 unspecified atom stereocenters. The number of likely N-dealkylation sites (tertiary alicyclic amines) is 2. The summed E-state index contributed by atoms with van der Waals surface area (Å²) in [5, 5.41) is 6.89. The van der Waals surface area contributed by atoms with Gasteiger partial charge in [0.15, 0.2) is 0 Å². The topological polar surface area (TPSA) is 56.8 Å². The van der Waals surface area contributed by atoms with Gasteiger partial charge in [-0.05, 0) is 67.9 Å². The fraction of sp³-hybridized carbons (Fsp3) is 0.469. The predicted molar refractivity (Wildman–Crippen MR) is 164 cm³/mol. The fourth-order valence-corrected chi connectivity index (χ4v) is 6.86. The number of alkyl halides is 4. The molecular weight excluding hydrogens is 580 g/mol. The van der Waals surface area contributed by atoms with Crippen molar-refractivity contribution in [2.24, 2.45) is 0 Å². The van der Waals surface area contributed by atoms with Gasteiger partial charge in [-0.2, -0.15) is 13.2 Å². The molecule has 2 N–H and O–H groups in total. The predicted octanol–water partition coefficient (Wildman–Crippen LogP) is 6.56. The third-order valence-corrected chi connectivity index (χ3v) is 9.14. The second kappa shape index (κ2) is 13.4. The summed E-state index contributed by atoms with van der Waals surface area (Å²) in [6, 6.07) is 9.93. The number of hydrogen-bond acceptors (Lipinski definition) is 6. The van der Waals surface area contributed by atoms with Crippen molar-refractivity contribution in [3.8, 4) is 17.6 Å². The van der Waals surface area contributed by atoms with Gasteiger partial charge in [-0.3, -0.25) is 4.79 Å². The molecule has 0 saturated carbocycles. The SMILES string of the molecule is COc1cc(C(=O)N2CCCCC2)ccc1NCC#Cc1sc2c(NC3CCN(C)CC3F)cccc2c1CC(F)(F)F. The van der Waals surface area contributed by atoms with E-state index >= 15 is 0 Å². The number of fused-ring (bicyclic) bond motifs is 1. The lowest BCUT2D eigenvalue weighted by Crippen LogP contribution is -2.46. The summed E-state index contributed by atoms with van der Waals surface area (Å²) in [5.74, 6) is 6.36. The van der Waals surface area contributed by atoms with E-state index in [1.807, 2.05) is 16.8 Å². The smallest absolute Gasteiger partial charge is 0.393 e. The number of benzene rings is 2. The summed E-state index contributed by atoms with van der Waals surface area (Å²) in [7, 11) is 3.39. The summed E-state index contributed by atoms with van der Waals surface area (Å²) in [6.45, 7) is 2.70. The Hall–Kier alpha value is -3.49. The Morgan fingerprint density at radius 1 is 1.12 bits per heavy atom. The molecule has 0 bridgehead atoms. The highest BCUT2D eigenvalue weighted by molar-refractivity contribution is 7.20. The number of piperidine rings is 2. The maximum absolute atomic E-state index is 14.7. The Balaban J connectivity index is 1.35. The number of carbonyl (C=O) groups excluding carboxylic acids is 1. The van der Waals surface area contributed by atoms with E-state index in [0.717, 1.165) is 38.9 Å². The van der Waals surface area contributed by atoms with E-state index in [9.17, 15) is 22.4 Å². The number of amides is 1. The highest BCUT2D eigenvalue weighted by Gasteiger charge is 2.32. The van der Waals surface area contributed by atoms with Crippen LogP contribution in [0.2, 0.25) is 0 Å². The van der Waals surface area contributed by atoms with Gasteiger partial charge in [0.1, 0.15) is 11.9 Å². The zero-order valence-corrected chi connectivity index (χ0v) is 25.1. The Morgan fingerprint density at radius 3 is 2.63 bits per heavy atom. The van der Waals surface area contributed by atoms with Crippen molar-refractivity contribution in [2.75, 3.05) is 57.5 Å². The summed E-state index contributed by atoms with van der Waals surface area (Å²) in [6.07, 6.45) is -2.86. The molecule has 2 fully saturated rings. The number of hydrogen-bond donors (Lipinski definition) is 2. The number of thiophene rings is 1. The molecular formula is C32H36F4N4O2S. The molecule has 43 heavy (non-hydrogen) atoms. The van der Waals surface area contributed by atoms with Crippen molar-refractivity contribution in [2.45, 2.75) is 50.5 Å². The van der Waals surface area contributed by atoms with Crippen LogP contribution in [-0.2, 0) is 6.42 Å². The van der Waals surface area contributed by atoms with Gasteiger partial charge < -0.3 is 25.2 Å². The molecule has 5 rings (SSSR count). The average molecular weight is 617 g/mol. The minimum atomic E-state index is -4.41. The van der Waals surface area contributed by atoms with Gasteiger partial charge in [-0.15, -0.1) is 11.3 Å². The van der Waals surface area contributed by atoms with Crippen LogP contribution in [0.4, 0.5) is 28.9 Å². The molecule has 0 spiro atoms. The minimum absolute atomic E-state index is 0.0296. The first-order chi connectivity index (χ1) is 20.6. The number of nitrogens with one attached hydrogen (secondary N) is 2. The summed E-state index contributed by atoms with van der Waals surface area (Å²) >= 11 is 1.19. The van der Waals surface area contributed by atoms with Crippen LogP contribution in [0.1, 0.15) is 46.5 Å². The van der Waals surface area contributed by atoms with Gasteiger partial charge in [-0.1, -0.05) is 24.0 Å². The van der Waals surface area contributed by atoms with Crippen molar-refractivity contribution in [3.63, 3.8) is 0 Å². The number of methoxy groups -OCH3 is 1. The first-order valence-electron chi connectivity index (χ1n) is 14.5. The van der Waals surface area contributed by atoms with Crippen molar-refractivity contribution in [1.29, 1.82) is 0 Å². The van der Waals surface area contributed by atoms with Gasteiger partial charge >= 0.3 is 6.18 Å². The molecule has 0 aliphatic carbocycles. The molecule has 2 saturated heterocycles. The van der Waals surface area contributed by atoms with E-state index in [1.165, 1.54) is 18.4 Å². The second-order valence-electron chi connectivity index (χ2n) is 11.1. The van der Waals surface area contributed by atoms with Gasteiger partial charge in [0, 0.05) is 31.7 Å². The van der Waals surface area contributed by atoms with E-state index in [0.29, 0.717) is 50.6 Å². The van der Waals surface area contributed by atoms with Gasteiger partial charge in [0.25, 0.3) is 5.91 Å². The van der Waals surface area contributed by atoms with Crippen LogP contribution < -0.4 is 15.4 Å². The number of carbonyl (C=O) groups is 1. The minimum Gasteiger partial charge on any atom is -0.495 e. The lowest BCUT2D eigenvalue weighted by atomic mass is 10.0. The Labute approximate surface area is 253 Å². The second-order valence-corrected chi connectivity index (χ2v) is 12.1. The lowest BCUT2D eigenvalue weighted by molar-refractivity contribution is -0.126. The molecule has 6 nitrogen and oxygen atoms in total.